The van der Waals surface area contributed by atoms with E-state index in [0.717, 1.165) is 24.1 Å². The highest BCUT2D eigenvalue weighted by atomic mass is 16.1. The molecule has 0 unspecified atom stereocenters. The van der Waals surface area contributed by atoms with Gasteiger partial charge in [-0.05, 0) is 55.6 Å². The predicted molar refractivity (Wildman–Crippen MR) is 99.1 cm³/mol. The summed E-state index contributed by atoms with van der Waals surface area (Å²) in [4.78, 5) is 14.9. The number of hydrogen-bond donors (Lipinski definition) is 1. The number of rotatable bonds is 6. The molecule has 3 rings (SSSR count). The van der Waals surface area contributed by atoms with Crippen LogP contribution in [0.15, 0.2) is 54.6 Å². The van der Waals surface area contributed by atoms with Crippen molar-refractivity contribution in [2.24, 2.45) is 0 Å². The van der Waals surface area contributed by atoms with Crippen molar-refractivity contribution >= 4 is 5.91 Å². The number of carbonyl (C=O) groups excluding carboxylic acids is 1. The summed E-state index contributed by atoms with van der Waals surface area (Å²) < 4.78 is 0. The molecule has 1 N–H and O–H groups in total. The first kappa shape index (κ1) is 16.7. The molecule has 126 valence electrons. The van der Waals surface area contributed by atoms with Crippen LogP contribution in [0.3, 0.4) is 0 Å². The Morgan fingerprint density at radius 1 is 1.00 bits per heavy atom. The first-order valence-corrected chi connectivity index (χ1v) is 8.95. The Morgan fingerprint density at radius 2 is 1.62 bits per heavy atom. The summed E-state index contributed by atoms with van der Waals surface area (Å²) in [7, 11) is 0. The predicted octanol–water partition coefficient (Wildman–Crippen LogP) is 3.96. The third kappa shape index (κ3) is 4.04. The normalized spacial score (nSPS) is 16.0. The van der Waals surface area contributed by atoms with Gasteiger partial charge in [0.05, 0.1) is 0 Å². The minimum Gasteiger partial charge on any atom is -0.350 e. The van der Waals surface area contributed by atoms with Crippen LogP contribution >= 0.6 is 0 Å². The molecule has 0 spiro atoms. The van der Waals surface area contributed by atoms with E-state index in [1.54, 1.807) is 0 Å². The Labute approximate surface area is 144 Å². The zero-order valence-corrected chi connectivity index (χ0v) is 14.4. The third-order valence-electron chi connectivity index (χ3n) is 4.88. The van der Waals surface area contributed by atoms with E-state index >= 15 is 0 Å². The van der Waals surface area contributed by atoms with E-state index in [9.17, 15) is 4.79 Å². The largest absolute Gasteiger partial charge is 0.350 e. The molecule has 3 heteroatoms. The summed E-state index contributed by atoms with van der Waals surface area (Å²) in [6.07, 6.45) is 3.64. The average Bonchev–Trinajstić information content (AvgIpc) is 3.17. The lowest BCUT2D eigenvalue weighted by Gasteiger charge is -2.26. The van der Waals surface area contributed by atoms with Crippen molar-refractivity contribution in [1.82, 2.24) is 10.2 Å². The Balaban J connectivity index is 1.58. The van der Waals surface area contributed by atoms with Crippen molar-refractivity contribution in [2.75, 3.05) is 19.6 Å². The SMILES string of the molecule is CC[C@@H](CNC(=O)c1ccc(-c2ccccc2)cc1)N1CCCC1. The minimum atomic E-state index is 0.0206. The van der Waals surface area contributed by atoms with Crippen LogP contribution in [0.5, 0.6) is 0 Å². The molecule has 2 aromatic rings. The lowest BCUT2D eigenvalue weighted by atomic mass is 10.0. The molecule has 0 bridgehead atoms. The molecule has 1 heterocycles. The Hall–Kier alpha value is -2.13. The Kier molecular flexibility index (Phi) is 5.65. The molecule has 0 radical (unpaired) electrons. The maximum atomic E-state index is 12.4. The maximum Gasteiger partial charge on any atom is 0.251 e. The number of nitrogens with zero attached hydrogens (tertiary/aromatic N) is 1. The van der Waals surface area contributed by atoms with Crippen LogP contribution in [-0.2, 0) is 0 Å². The quantitative estimate of drug-likeness (QED) is 0.873. The van der Waals surface area contributed by atoms with Crippen LogP contribution in [0, 0.1) is 0 Å². The Morgan fingerprint density at radius 3 is 2.25 bits per heavy atom. The van der Waals surface area contributed by atoms with Gasteiger partial charge >= 0.3 is 0 Å². The van der Waals surface area contributed by atoms with Crippen LogP contribution in [0.4, 0.5) is 0 Å². The standard InChI is InChI=1S/C21H26N2O/c1-2-20(23-14-6-7-15-23)16-22-21(24)19-12-10-18(11-13-19)17-8-4-3-5-9-17/h3-5,8-13,20H,2,6-7,14-16H2,1H3,(H,22,24)/t20-/m0/s1. The first-order chi connectivity index (χ1) is 11.8. The second kappa shape index (κ2) is 8.11. The molecular formula is C21H26N2O. The van der Waals surface area contributed by atoms with Crippen molar-refractivity contribution < 1.29 is 4.79 Å². The number of carbonyl (C=O) groups is 1. The van der Waals surface area contributed by atoms with Gasteiger partial charge in [0, 0.05) is 18.2 Å². The maximum absolute atomic E-state index is 12.4. The third-order valence-corrected chi connectivity index (χ3v) is 4.88. The molecule has 0 aromatic heterocycles. The molecule has 1 aliphatic rings. The lowest BCUT2D eigenvalue weighted by molar-refractivity contribution is 0.0937. The van der Waals surface area contributed by atoms with E-state index < -0.39 is 0 Å². The molecule has 0 saturated carbocycles. The Bertz CT molecular complexity index is 645. The van der Waals surface area contributed by atoms with E-state index in [0.29, 0.717) is 6.04 Å². The van der Waals surface area contributed by atoms with Crippen molar-refractivity contribution in [2.45, 2.75) is 32.2 Å². The van der Waals surface area contributed by atoms with Crippen molar-refractivity contribution in [3.63, 3.8) is 0 Å². The van der Waals surface area contributed by atoms with Crippen molar-refractivity contribution in [3.05, 3.63) is 60.2 Å². The lowest BCUT2D eigenvalue weighted by Crippen LogP contribution is -2.42. The van der Waals surface area contributed by atoms with Gasteiger partial charge in [0.25, 0.3) is 5.91 Å². The summed E-state index contributed by atoms with van der Waals surface area (Å²) in [6.45, 7) is 5.26. The number of amides is 1. The van der Waals surface area contributed by atoms with Gasteiger partial charge in [0.2, 0.25) is 0 Å². The average molecular weight is 322 g/mol. The fourth-order valence-electron chi connectivity index (χ4n) is 3.40. The monoisotopic (exact) mass is 322 g/mol. The second-order valence-electron chi connectivity index (χ2n) is 6.46. The van der Waals surface area contributed by atoms with Crippen LogP contribution in [-0.4, -0.2) is 36.5 Å². The van der Waals surface area contributed by atoms with Gasteiger partial charge in [-0.2, -0.15) is 0 Å². The summed E-state index contributed by atoms with van der Waals surface area (Å²) >= 11 is 0. The molecular weight excluding hydrogens is 296 g/mol. The number of benzene rings is 2. The molecule has 2 aromatic carbocycles. The summed E-state index contributed by atoms with van der Waals surface area (Å²) in [5.74, 6) is 0.0206. The smallest absolute Gasteiger partial charge is 0.251 e. The highest BCUT2D eigenvalue weighted by Gasteiger charge is 2.20. The van der Waals surface area contributed by atoms with Gasteiger partial charge in [-0.15, -0.1) is 0 Å². The molecule has 1 saturated heterocycles. The molecule has 3 nitrogen and oxygen atoms in total. The fourth-order valence-corrected chi connectivity index (χ4v) is 3.40. The van der Waals surface area contributed by atoms with Gasteiger partial charge in [-0.25, -0.2) is 0 Å². The number of nitrogens with one attached hydrogen (secondary N) is 1. The number of hydrogen-bond acceptors (Lipinski definition) is 2. The van der Waals surface area contributed by atoms with Crippen LogP contribution < -0.4 is 5.32 Å². The van der Waals surface area contributed by atoms with E-state index in [-0.39, 0.29) is 5.91 Å². The van der Waals surface area contributed by atoms with E-state index in [4.69, 9.17) is 0 Å². The van der Waals surface area contributed by atoms with Gasteiger partial charge in [0.1, 0.15) is 0 Å². The molecule has 1 aliphatic heterocycles. The highest BCUT2D eigenvalue weighted by Crippen LogP contribution is 2.19. The molecule has 24 heavy (non-hydrogen) atoms. The molecule has 0 aliphatic carbocycles. The van der Waals surface area contributed by atoms with Crippen LogP contribution in [0.2, 0.25) is 0 Å². The zero-order valence-electron chi connectivity index (χ0n) is 14.4. The second-order valence-corrected chi connectivity index (χ2v) is 6.46. The molecule has 1 atom stereocenters. The number of likely N-dealkylation sites (tertiary alicyclic amines) is 1. The summed E-state index contributed by atoms with van der Waals surface area (Å²) in [5, 5.41) is 3.11. The van der Waals surface area contributed by atoms with Gasteiger partial charge in [0.15, 0.2) is 0 Å². The van der Waals surface area contributed by atoms with Gasteiger partial charge in [-0.3, -0.25) is 9.69 Å². The topological polar surface area (TPSA) is 32.3 Å². The van der Waals surface area contributed by atoms with Crippen LogP contribution in [0.1, 0.15) is 36.5 Å². The highest BCUT2D eigenvalue weighted by molar-refractivity contribution is 5.94. The van der Waals surface area contributed by atoms with Gasteiger partial charge in [-0.1, -0.05) is 49.4 Å². The first-order valence-electron chi connectivity index (χ1n) is 8.95. The molecule has 1 fully saturated rings. The van der Waals surface area contributed by atoms with Gasteiger partial charge < -0.3 is 5.32 Å². The fraction of sp³-hybridized carbons (Fsp3) is 0.381. The van der Waals surface area contributed by atoms with Crippen molar-refractivity contribution in [3.8, 4) is 11.1 Å². The van der Waals surface area contributed by atoms with E-state index in [2.05, 4.69) is 29.3 Å². The summed E-state index contributed by atoms with van der Waals surface area (Å²) in [5.41, 5.74) is 3.03. The van der Waals surface area contributed by atoms with E-state index in [1.165, 1.54) is 31.5 Å². The summed E-state index contributed by atoms with van der Waals surface area (Å²) in [6, 6.07) is 18.5. The zero-order chi connectivity index (χ0) is 16.8. The van der Waals surface area contributed by atoms with E-state index in [1.807, 2.05) is 42.5 Å². The van der Waals surface area contributed by atoms with Crippen molar-refractivity contribution in [1.29, 1.82) is 0 Å². The van der Waals surface area contributed by atoms with Crippen LogP contribution in [0.25, 0.3) is 11.1 Å². The minimum absolute atomic E-state index is 0.0206. The molecule has 1 amide bonds.